The summed E-state index contributed by atoms with van der Waals surface area (Å²) in [4.78, 5) is 0. The van der Waals surface area contributed by atoms with Crippen molar-refractivity contribution in [3.63, 3.8) is 0 Å². The van der Waals surface area contributed by atoms with Gasteiger partial charge in [0.2, 0.25) is 0 Å². The zero-order valence-corrected chi connectivity index (χ0v) is 12.8. The van der Waals surface area contributed by atoms with Gasteiger partial charge >= 0.3 is 18.1 Å². The lowest BCUT2D eigenvalue weighted by Gasteiger charge is -2.35. The van der Waals surface area contributed by atoms with Crippen molar-refractivity contribution in [1.29, 1.82) is 0 Å². The van der Waals surface area contributed by atoms with Crippen LogP contribution in [0, 0.1) is 0 Å². The Hall–Kier alpha value is -1.75. The van der Waals surface area contributed by atoms with E-state index in [4.69, 9.17) is 14.2 Å². The van der Waals surface area contributed by atoms with E-state index in [0.717, 1.165) is 6.07 Å². The van der Waals surface area contributed by atoms with Crippen molar-refractivity contribution < 1.29 is 49.7 Å². The molecule has 2 aliphatic heterocycles. The molecule has 1 aromatic rings. The fourth-order valence-electron chi connectivity index (χ4n) is 3.26. The van der Waals surface area contributed by atoms with Crippen LogP contribution in [0.1, 0.15) is 24.0 Å². The molecule has 1 aliphatic carbocycles. The lowest BCUT2D eigenvalue weighted by Crippen LogP contribution is -2.46. The van der Waals surface area contributed by atoms with Gasteiger partial charge in [0.05, 0.1) is 24.3 Å². The van der Waals surface area contributed by atoms with Crippen LogP contribution in [0.15, 0.2) is 12.1 Å². The first-order chi connectivity index (χ1) is 12.0. The van der Waals surface area contributed by atoms with E-state index in [-0.39, 0.29) is 13.2 Å². The molecule has 0 amide bonds. The molecule has 0 radical (unpaired) electrons. The van der Waals surface area contributed by atoms with Crippen LogP contribution in [0.2, 0.25) is 0 Å². The van der Waals surface area contributed by atoms with E-state index in [1.165, 1.54) is 0 Å². The highest BCUT2D eigenvalue weighted by Gasteiger charge is 2.71. The van der Waals surface area contributed by atoms with Gasteiger partial charge in [0.15, 0.2) is 11.5 Å². The molecule has 144 valence electrons. The summed E-state index contributed by atoms with van der Waals surface area (Å²) in [6.07, 6.45) is -11.6. The summed E-state index contributed by atoms with van der Waals surface area (Å²) in [5.74, 6) is -7.43. The maximum absolute atomic E-state index is 14.4. The third kappa shape index (κ3) is 2.43. The number of fused-ring (bicyclic) bond motifs is 2. The molecule has 4 nitrogen and oxygen atoms in total. The average Bonchev–Trinajstić information content (AvgIpc) is 3.03. The Kier molecular flexibility index (Phi) is 3.50. The van der Waals surface area contributed by atoms with Crippen LogP contribution >= 0.6 is 0 Å². The van der Waals surface area contributed by atoms with Gasteiger partial charge in [0.25, 0.3) is 5.92 Å². The van der Waals surface area contributed by atoms with Crippen LogP contribution in [0.5, 0.6) is 11.5 Å². The van der Waals surface area contributed by atoms with Gasteiger partial charge in [0, 0.05) is 12.8 Å². The molecule has 4 rings (SSSR count). The lowest BCUT2D eigenvalue weighted by atomic mass is 9.90. The number of hydrogen-bond acceptors (Lipinski definition) is 4. The summed E-state index contributed by atoms with van der Waals surface area (Å²) < 4.78 is 114. The first-order valence-corrected chi connectivity index (χ1v) is 7.59. The molecule has 0 aromatic heterocycles. The van der Waals surface area contributed by atoms with E-state index in [0.29, 0.717) is 6.07 Å². The van der Waals surface area contributed by atoms with Gasteiger partial charge in [-0.3, -0.25) is 0 Å². The van der Waals surface area contributed by atoms with Gasteiger partial charge in [-0.2, -0.15) is 22.0 Å². The van der Waals surface area contributed by atoms with Gasteiger partial charge in [-0.15, -0.1) is 0 Å². The van der Waals surface area contributed by atoms with Crippen molar-refractivity contribution in [2.45, 2.75) is 42.9 Å². The summed E-state index contributed by atoms with van der Waals surface area (Å²) in [5.41, 5.74) is -2.48. The SMILES string of the molecule is FC1(F)CC(Oc2ccc(C(F)(F)F)c3c2OC(F)(F)C32OCCO2)C1. The largest absolute Gasteiger partial charge is 0.486 e. The van der Waals surface area contributed by atoms with Crippen LogP contribution in [0.3, 0.4) is 0 Å². The van der Waals surface area contributed by atoms with Crippen molar-refractivity contribution in [2.24, 2.45) is 0 Å². The fraction of sp³-hybridized carbons (Fsp3) is 0.600. The molecule has 11 heteroatoms. The minimum Gasteiger partial charge on any atom is -0.486 e. The molecule has 1 aromatic carbocycles. The molecular formula is C15H11F7O4. The molecule has 0 bridgehead atoms. The van der Waals surface area contributed by atoms with Crippen molar-refractivity contribution in [2.75, 3.05) is 13.2 Å². The molecule has 1 saturated carbocycles. The highest BCUT2D eigenvalue weighted by atomic mass is 19.4. The minimum absolute atomic E-state index is 0.365. The molecular weight excluding hydrogens is 377 g/mol. The summed E-state index contributed by atoms with van der Waals surface area (Å²) >= 11 is 0. The first-order valence-electron chi connectivity index (χ1n) is 7.59. The van der Waals surface area contributed by atoms with Crippen LogP contribution in [0.25, 0.3) is 0 Å². The number of alkyl halides is 7. The molecule has 26 heavy (non-hydrogen) atoms. The Morgan fingerprint density at radius 1 is 1.00 bits per heavy atom. The van der Waals surface area contributed by atoms with Gasteiger partial charge in [0.1, 0.15) is 6.10 Å². The second-order valence-electron chi connectivity index (χ2n) is 6.25. The monoisotopic (exact) mass is 388 g/mol. The highest BCUT2D eigenvalue weighted by Crippen LogP contribution is 2.60. The summed E-state index contributed by atoms with van der Waals surface area (Å²) in [7, 11) is 0. The van der Waals surface area contributed by atoms with Gasteiger partial charge in [-0.1, -0.05) is 0 Å². The van der Waals surface area contributed by atoms with Crippen LogP contribution in [-0.4, -0.2) is 31.3 Å². The highest BCUT2D eigenvalue weighted by molar-refractivity contribution is 5.57. The fourth-order valence-corrected chi connectivity index (χ4v) is 3.26. The third-order valence-corrected chi connectivity index (χ3v) is 4.41. The Labute approximate surface area is 141 Å². The predicted molar refractivity (Wildman–Crippen MR) is 69.2 cm³/mol. The van der Waals surface area contributed by atoms with Crippen LogP contribution < -0.4 is 9.47 Å². The van der Waals surface area contributed by atoms with Gasteiger partial charge in [-0.25, -0.2) is 8.78 Å². The standard InChI is InChI=1S/C15H11F7O4/c16-12(17)5-7(6-12)25-9-2-1-8(14(18,19)20)10-11(9)26-15(21,22)13(10)23-3-4-24-13/h1-2,7H,3-6H2. The Balaban J connectivity index is 1.81. The summed E-state index contributed by atoms with van der Waals surface area (Å²) in [6.45, 7) is -0.731. The summed E-state index contributed by atoms with van der Waals surface area (Å²) in [5, 5.41) is 0. The van der Waals surface area contributed by atoms with E-state index < -0.39 is 65.6 Å². The Morgan fingerprint density at radius 3 is 2.15 bits per heavy atom. The molecule has 1 spiro atoms. The Bertz CT molecular complexity index is 732. The third-order valence-electron chi connectivity index (χ3n) is 4.41. The van der Waals surface area contributed by atoms with E-state index in [1.807, 2.05) is 0 Å². The van der Waals surface area contributed by atoms with Crippen molar-refractivity contribution in [3.8, 4) is 11.5 Å². The van der Waals surface area contributed by atoms with Crippen LogP contribution in [-0.2, 0) is 21.4 Å². The lowest BCUT2D eigenvalue weighted by molar-refractivity contribution is -0.355. The molecule has 2 heterocycles. The quantitative estimate of drug-likeness (QED) is 0.716. The molecule has 2 fully saturated rings. The molecule has 0 atom stereocenters. The Morgan fingerprint density at radius 2 is 1.62 bits per heavy atom. The minimum atomic E-state index is -5.00. The van der Waals surface area contributed by atoms with Crippen molar-refractivity contribution in [3.05, 3.63) is 23.3 Å². The second-order valence-corrected chi connectivity index (χ2v) is 6.25. The topological polar surface area (TPSA) is 36.9 Å². The zero-order chi connectivity index (χ0) is 19.0. The van der Waals surface area contributed by atoms with E-state index in [9.17, 15) is 30.7 Å². The van der Waals surface area contributed by atoms with E-state index in [2.05, 4.69) is 4.74 Å². The van der Waals surface area contributed by atoms with Crippen molar-refractivity contribution in [1.82, 2.24) is 0 Å². The maximum Gasteiger partial charge on any atom is 0.459 e. The van der Waals surface area contributed by atoms with E-state index >= 15 is 0 Å². The van der Waals surface area contributed by atoms with Gasteiger partial charge < -0.3 is 18.9 Å². The number of hydrogen-bond donors (Lipinski definition) is 0. The molecule has 0 unspecified atom stereocenters. The smallest absolute Gasteiger partial charge is 0.459 e. The second kappa shape index (κ2) is 5.16. The van der Waals surface area contributed by atoms with Crippen LogP contribution in [0.4, 0.5) is 30.7 Å². The number of benzene rings is 1. The van der Waals surface area contributed by atoms with Gasteiger partial charge in [-0.05, 0) is 12.1 Å². The molecule has 0 N–H and O–H groups in total. The normalized spacial score (nSPS) is 25.7. The summed E-state index contributed by atoms with van der Waals surface area (Å²) in [6, 6.07) is 1.28. The van der Waals surface area contributed by atoms with E-state index in [1.54, 1.807) is 0 Å². The van der Waals surface area contributed by atoms with Crippen molar-refractivity contribution >= 4 is 0 Å². The zero-order valence-electron chi connectivity index (χ0n) is 12.8. The number of halogens is 7. The number of ether oxygens (including phenoxy) is 4. The predicted octanol–water partition coefficient (Wildman–Crippen LogP) is 4.07. The first kappa shape index (κ1) is 17.7. The maximum atomic E-state index is 14.4. The molecule has 3 aliphatic rings. The average molecular weight is 388 g/mol. The number of rotatable bonds is 2. The molecule has 1 saturated heterocycles.